The van der Waals surface area contributed by atoms with E-state index in [1.807, 2.05) is 37.5 Å². The number of hydrogen-bond acceptors (Lipinski definition) is 4. The van der Waals surface area contributed by atoms with Gasteiger partial charge in [0.05, 0.1) is 0 Å². The van der Waals surface area contributed by atoms with E-state index in [1.165, 1.54) is 0 Å². The van der Waals surface area contributed by atoms with Gasteiger partial charge in [-0.05, 0) is 27.7 Å². The zero-order valence-corrected chi connectivity index (χ0v) is 13.7. The molecule has 1 aliphatic rings. The van der Waals surface area contributed by atoms with Gasteiger partial charge in [0.1, 0.15) is 21.4 Å². The van der Waals surface area contributed by atoms with Crippen LogP contribution in [0.4, 0.5) is 11.4 Å². The highest BCUT2D eigenvalue weighted by Crippen LogP contribution is 2.56. The summed E-state index contributed by atoms with van der Waals surface area (Å²) >= 11 is 12.8. The molecule has 4 nitrogen and oxygen atoms in total. The van der Waals surface area contributed by atoms with Crippen molar-refractivity contribution in [2.75, 3.05) is 29.4 Å². The fraction of sp³-hybridized carbons (Fsp3) is 0.571. The molecule has 1 atom stereocenters. The molecule has 0 bridgehead atoms. The first kappa shape index (κ1) is 15.4. The van der Waals surface area contributed by atoms with Crippen molar-refractivity contribution in [3.8, 4) is 11.5 Å². The highest BCUT2D eigenvalue weighted by Gasteiger charge is 2.35. The topological polar surface area (TPSA) is 35.9 Å². The van der Waals surface area contributed by atoms with Crippen LogP contribution in [0.2, 0.25) is 10.0 Å². The Balaban J connectivity index is 2.67. The van der Waals surface area contributed by atoms with Gasteiger partial charge >= 0.3 is 0 Å². The molecular formula is C14H20Cl2N2O2. The fourth-order valence-corrected chi connectivity index (χ4v) is 3.28. The monoisotopic (exact) mass is 318 g/mol. The van der Waals surface area contributed by atoms with Crippen LogP contribution >= 0.6 is 23.2 Å². The number of fused-ring (bicyclic) bond motifs is 1. The predicted octanol–water partition coefficient (Wildman–Crippen LogP) is 4.11. The van der Waals surface area contributed by atoms with E-state index in [-0.39, 0.29) is 12.0 Å². The molecule has 0 amide bonds. The number of aromatic hydroxyl groups is 1. The molecule has 1 aromatic carbocycles. The standard InChI is InChI=1S/C14H20Cl2N2O2/c1-5-17(6-2)11-10(16)14-12(9(15)13(11)19)18(7-3)8(4)20-14/h8,19H,5-7H2,1-4H3/t8-/m1/s1. The van der Waals surface area contributed by atoms with E-state index in [2.05, 4.69) is 0 Å². The summed E-state index contributed by atoms with van der Waals surface area (Å²) in [6.07, 6.45) is -0.142. The summed E-state index contributed by atoms with van der Waals surface area (Å²) in [4.78, 5) is 3.95. The van der Waals surface area contributed by atoms with Gasteiger partial charge in [-0.25, -0.2) is 0 Å². The highest BCUT2D eigenvalue weighted by atomic mass is 35.5. The maximum absolute atomic E-state index is 10.4. The molecule has 6 heteroatoms. The number of phenolic OH excluding ortho intramolecular Hbond substituents is 1. The van der Waals surface area contributed by atoms with Gasteiger partial charge in [0.2, 0.25) is 0 Å². The molecule has 112 valence electrons. The Hall–Kier alpha value is -1.00. The third-order valence-corrected chi connectivity index (χ3v) is 4.41. The number of anilines is 2. The smallest absolute Gasteiger partial charge is 0.169 e. The molecule has 0 spiro atoms. The Morgan fingerprint density at radius 3 is 2.30 bits per heavy atom. The normalized spacial score (nSPS) is 17.1. The van der Waals surface area contributed by atoms with Crippen LogP contribution < -0.4 is 14.5 Å². The van der Waals surface area contributed by atoms with Crippen molar-refractivity contribution in [3.05, 3.63) is 10.0 Å². The molecule has 20 heavy (non-hydrogen) atoms. The molecule has 0 aromatic heterocycles. The van der Waals surface area contributed by atoms with Crippen LogP contribution in [0.3, 0.4) is 0 Å². The molecule has 2 rings (SSSR count). The largest absolute Gasteiger partial charge is 0.504 e. The number of phenols is 1. The third-order valence-electron chi connectivity index (χ3n) is 3.70. The van der Waals surface area contributed by atoms with Gasteiger partial charge in [0.15, 0.2) is 17.7 Å². The molecular weight excluding hydrogens is 299 g/mol. The Bertz CT molecular complexity index is 516. The lowest BCUT2D eigenvalue weighted by molar-refractivity contribution is 0.246. The van der Waals surface area contributed by atoms with Crippen LogP contribution in [0, 0.1) is 0 Å². The molecule has 0 unspecified atom stereocenters. The SMILES string of the molecule is CCN(CC)c1c(O)c(Cl)c2c(c1Cl)O[C@H](C)N2CC. The van der Waals surface area contributed by atoms with E-state index >= 15 is 0 Å². The van der Waals surface area contributed by atoms with Crippen LogP contribution in [0.15, 0.2) is 0 Å². The summed E-state index contributed by atoms with van der Waals surface area (Å²) in [5.74, 6) is 0.584. The molecule has 0 radical (unpaired) electrons. The van der Waals surface area contributed by atoms with Crippen molar-refractivity contribution in [1.82, 2.24) is 0 Å². The number of rotatable bonds is 4. The fourth-order valence-electron chi connectivity index (χ4n) is 2.65. The first-order chi connectivity index (χ1) is 9.47. The summed E-state index contributed by atoms with van der Waals surface area (Å²) in [6.45, 7) is 10.1. The number of ether oxygens (including phenoxy) is 1. The maximum Gasteiger partial charge on any atom is 0.169 e. The second-order valence-corrected chi connectivity index (χ2v) is 5.43. The Kier molecular flexibility index (Phi) is 4.45. The van der Waals surface area contributed by atoms with Gasteiger partial charge < -0.3 is 19.6 Å². The Morgan fingerprint density at radius 1 is 1.20 bits per heavy atom. The molecule has 1 aromatic rings. The second-order valence-electron chi connectivity index (χ2n) is 4.68. The molecule has 0 saturated heterocycles. The minimum Gasteiger partial charge on any atom is -0.504 e. The van der Waals surface area contributed by atoms with Gasteiger partial charge in [0, 0.05) is 19.6 Å². The second kappa shape index (κ2) is 5.78. The van der Waals surface area contributed by atoms with E-state index in [1.54, 1.807) is 0 Å². The predicted molar refractivity (Wildman–Crippen MR) is 84.8 cm³/mol. The highest BCUT2D eigenvalue weighted by molar-refractivity contribution is 6.40. The molecule has 1 N–H and O–H groups in total. The first-order valence-electron chi connectivity index (χ1n) is 6.89. The number of benzene rings is 1. The van der Waals surface area contributed by atoms with Crippen LogP contribution in [0.5, 0.6) is 11.5 Å². The molecule has 0 aliphatic carbocycles. The van der Waals surface area contributed by atoms with Crippen LogP contribution in [0.25, 0.3) is 0 Å². The quantitative estimate of drug-likeness (QED) is 0.906. The van der Waals surface area contributed by atoms with Crippen LogP contribution in [-0.2, 0) is 0 Å². The Labute approximate surface area is 129 Å². The van der Waals surface area contributed by atoms with Crippen molar-refractivity contribution in [1.29, 1.82) is 0 Å². The lowest BCUT2D eigenvalue weighted by Crippen LogP contribution is -2.31. The minimum atomic E-state index is -0.142. The van der Waals surface area contributed by atoms with E-state index in [4.69, 9.17) is 27.9 Å². The number of halogens is 2. The number of hydrogen-bond donors (Lipinski definition) is 1. The summed E-state index contributed by atoms with van der Waals surface area (Å²) in [6, 6.07) is 0. The lowest BCUT2D eigenvalue weighted by atomic mass is 10.2. The average Bonchev–Trinajstić information content (AvgIpc) is 2.78. The average molecular weight is 319 g/mol. The summed E-state index contributed by atoms with van der Waals surface area (Å²) in [5.41, 5.74) is 1.23. The summed E-state index contributed by atoms with van der Waals surface area (Å²) in [7, 11) is 0. The third kappa shape index (κ3) is 2.15. The zero-order chi connectivity index (χ0) is 15.0. The van der Waals surface area contributed by atoms with E-state index in [9.17, 15) is 5.11 Å². The maximum atomic E-state index is 10.4. The van der Waals surface area contributed by atoms with Gasteiger partial charge in [-0.1, -0.05) is 23.2 Å². The van der Waals surface area contributed by atoms with Gasteiger partial charge in [-0.2, -0.15) is 0 Å². The molecule has 1 aliphatic heterocycles. The van der Waals surface area contributed by atoms with E-state index in [0.717, 1.165) is 19.6 Å². The zero-order valence-electron chi connectivity index (χ0n) is 12.2. The van der Waals surface area contributed by atoms with Crippen molar-refractivity contribution >= 4 is 34.6 Å². The van der Waals surface area contributed by atoms with Crippen LogP contribution in [-0.4, -0.2) is 31.0 Å². The van der Waals surface area contributed by atoms with Gasteiger partial charge in [0.25, 0.3) is 0 Å². The lowest BCUT2D eigenvalue weighted by Gasteiger charge is -2.25. The Morgan fingerprint density at radius 2 is 1.80 bits per heavy atom. The minimum absolute atomic E-state index is 0.0234. The van der Waals surface area contributed by atoms with Crippen molar-refractivity contribution in [2.24, 2.45) is 0 Å². The van der Waals surface area contributed by atoms with Crippen molar-refractivity contribution in [2.45, 2.75) is 33.9 Å². The van der Waals surface area contributed by atoms with Crippen molar-refractivity contribution in [3.63, 3.8) is 0 Å². The van der Waals surface area contributed by atoms with Gasteiger partial charge in [-0.3, -0.25) is 0 Å². The van der Waals surface area contributed by atoms with Crippen LogP contribution in [0.1, 0.15) is 27.7 Å². The molecule has 1 heterocycles. The van der Waals surface area contributed by atoms with Crippen molar-refractivity contribution < 1.29 is 9.84 Å². The molecule has 0 fully saturated rings. The summed E-state index contributed by atoms with van der Waals surface area (Å²) < 4.78 is 5.83. The van der Waals surface area contributed by atoms with E-state index in [0.29, 0.717) is 27.2 Å². The number of nitrogens with zero attached hydrogens (tertiary/aromatic N) is 2. The van der Waals surface area contributed by atoms with E-state index < -0.39 is 0 Å². The van der Waals surface area contributed by atoms with Gasteiger partial charge in [-0.15, -0.1) is 0 Å². The molecule has 0 saturated carbocycles. The summed E-state index contributed by atoms with van der Waals surface area (Å²) in [5, 5.41) is 11.2. The first-order valence-corrected chi connectivity index (χ1v) is 7.65.